The number of imide groups is 1. The Balaban J connectivity index is 1.41. The zero-order valence-corrected chi connectivity index (χ0v) is 19.2. The number of para-hydroxylation sites is 1. The van der Waals surface area contributed by atoms with Crippen LogP contribution in [0.2, 0.25) is 0 Å². The molecule has 4 aromatic carbocycles. The first kappa shape index (κ1) is 21.3. The van der Waals surface area contributed by atoms with Gasteiger partial charge in [-0.1, -0.05) is 84.9 Å². The molecule has 2 fully saturated rings. The van der Waals surface area contributed by atoms with Gasteiger partial charge in [0.1, 0.15) is 5.92 Å². The first-order chi connectivity index (χ1) is 17.1. The molecule has 2 amide bonds. The Kier molecular flexibility index (Phi) is 5.20. The summed E-state index contributed by atoms with van der Waals surface area (Å²) in [5.41, 5.74) is 5.38. The number of carbonyl (C=O) groups excluding carboxylic acids is 2. The van der Waals surface area contributed by atoms with Gasteiger partial charge in [-0.2, -0.15) is 0 Å². The molecule has 6 rings (SSSR count). The summed E-state index contributed by atoms with van der Waals surface area (Å²) >= 11 is 0. The summed E-state index contributed by atoms with van der Waals surface area (Å²) < 4.78 is 0. The van der Waals surface area contributed by atoms with E-state index in [1.54, 1.807) is 11.1 Å². The minimum absolute atomic E-state index is 0.239. The van der Waals surface area contributed by atoms with E-state index in [0.29, 0.717) is 5.69 Å². The molecule has 0 aliphatic carbocycles. The fourth-order valence-corrected chi connectivity index (χ4v) is 5.16. The Morgan fingerprint density at radius 1 is 0.657 bits per heavy atom. The lowest BCUT2D eigenvalue weighted by molar-refractivity contribution is -0.126. The highest BCUT2D eigenvalue weighted by Crippen LogP contribution is 2.48. The average Bonchev–Trinajstić information content (AvgIpc) is 3.41. The van der Waals surface area contributed by atoms with Crippen LogP contribution in [0.5, 0.6) is 0 Å². The molecule has 2 heterocycles. The standard InChI is InChI=1S/C30H24N2O3/c1-20-11-8-9-18-25(20)27-26-28(35-32(27)23-15-6-3-7-16-23)30(34)31(29(26)33)24-17-10-14-22(19-24)21-12-4-2-5-13-21/h2-19,26-28H,1H3/t26-,27-,28-/m1/s1. The van der Waals surface area contributed by atoms with Crippen LogP contribution in [0.3, 0.4) is 0 Å². The second kappa shape index (κ2) is 8.53. The highest BCUT2D eigenvalue weighted by atomic mass is 16.7. The van der Waals surface area contributed by atoms with Gasteiger partial charge in [0.05, 0.1) is 17.4 Å². The smallest absolute Gasteiger partial charge is 0.266 e. The second-order valence-electron chi connectivity index (χ2n) is 8.94. The SMILES string of the molecule is Cc1ccccc1[C@@H]1[C@H]2C(=O)N(c3cccc(-c4ccccc4)c3)C(=O)[C@@H]2ON1c1ccccc1. The van der Waals surface area contributed by atoms with Crippen LogP contribution in [-0.4, -0.2) is 17.9 Å². The van der Waals surface area contributed by atoms with Gasteiger partial charge in [-0.3, -0.25) is 14.4 Å². The molecule has 0 spiro atoms. The molecule has 2 aliphatic rings. The van der Waals surface area contributed by atoms with E-state index in [-0.39, 0.29) is 11.8 Å². The molecule has 0 aromatic heterocycles. The Hall–Kier alpha value is -4.22. The van der Waals surface area contributed by atoms with Crippen molar-refractivity contribution in [3.05, 3.63) is 120 Å². The largest absolute Gasteiger partial charge is 0.273 e. The van der Waals surface area contributed by atoms with Crippen LogP contribution in [0.1, 0.15) is 17.2 Å². The van der Waals surface area contributed by atoms with Crippen molar-refractivity contribution in [2.24, 2.45) is 5.92 Å². The Labute approximate surface area is 204 Å². The summed E-state index contributed by atoms with van der Waals surface area (Å²) in [6.07, 6.45) is -0.882. The van der Waals surface area contributed by atoms with Gasteiger partial charge < -0.3 is 0 Å². The Morgan fingerprint density at radius 3 is 2.03 bits per heavy atom. The minimum Gasteiger partial charge on any atom is -0.273 e. The third-order valence-electron chi connectivity index (χ3n) is 6.84. The number of nitrogens with zero attached hydrogens (tertiary/aromatic N) is 2. The van der Waals surface area contributed by atoms with Crippen molar-refractivity contribution in [3.8, 4) is 11.1 Å². The maximum atomic E-state index is 13.9. The van der Waals surface area contributed by atoms with E-state index >= 15 is 0 Å². The number of benzene rings is 4. The molecule has 0 bridgehead atoms. The number of anilines is 2. The van der Waals surface area contributed by atoms with Crippen LogP contribution in [0.15, 0.2) is 109 Å². The van der Waals surface area contributed by atoms with Crippen LogP contribution < -0.4 is 9.96 Å². The number of hydrogen-bond donors (Lipinski definition) is 0. The molecule has 0 N–H and O–H groups in total. The molecule has 5 heteroatoms. The normalized spacial score (nSPS) is 21.5. The molecule has 5 nitrogen and oxygen atoms in total. The molecule has 4 aromatic rings. The first-order valence-corrected chi connectivity index (χ1v) is 11.7. The molecule has 172 valence electrons. The van der Waals surface area contributed by atoms with Gasteiger partial charge in [-0.05, 0) is 53.4 Å². The van der Waals surface area contributed by atoms with E-state index in [4.69, 9.17) is 4.84 Å². The zero-order chi connectivity index (χ0) is 23.9. The molecule has 0 unspecified atom stereocenters. The van der Waals surface area contributed by atoms with Crippen LogP contribution >= 0.6 is 0 Å². The number of amides is 2. The van der Waals surface area contributed by atoms with Crippen molar-refractivity contribution in [1.82, 2.24) is 0 Å². The molecule has 2 saturated heterocycles. The summed E-state index contributed by atoms with van der Waals surface area (Å²) in [7, 11) is 0. The fourth-order valence-electron chi connectivity index (χ4n) is 5.16. The Morgan fingerprint density at radius 2 is 1.29 bits per heavy atom. The predicted molar refractivity (Wildman–Crippen MR) is 136 cm³/mol. The van der Waals surface area contributed by atoms with Gasteiger partial charge in [0.15, 0.2) is 6.10 Å². The van der Waals surface area contributed by atoms with Crippen LogP contribution in [0.4, 0.5) is 11.4 Å². The summed E-state index contributed by atoms with van der Waals surface area (Å²) in [6, 6.07) is 34.7. The fraction of sp³-hybridized carbons (Fsp3) is 0.133. The van der Waals surface area contributed by atoms with E-state index in [1.807, 2.05) is 110 Å². The van der Waals surface area contributed by atoms with Gasteiger partial charge in [0.2, 0.25) is 5.91 Å². The summed E-state index contributed by atoms with van der Waals surface area (Å²) in [5.74, 6) is -1.22. The molecular formula is C30H24N2O3. The third kappa shape index (κ3) is 3.52. The molecule has 35 heavy (non-hydrogen) atoms. The number of carbonyl (C=O) groups is 2. The van der Waals surface area contributed by atoms with Gasteiger partial charge in [0.25, 0.3) is 5.91 Å². The maximum Gasteiger partial charge on any atom is 0.266 e. The van der Waals surface area contributed by atoms with E-state index in [2.05, 4.69) is 0 Å². The number of rotatable bonds is 4. The van der Waals surface area contributed by atoms with Gasteiger partial charge in [-0.25, -0.2) is 9.96 Å². The van der Waals surface area contributed by atoms with Gasteiger partial charge in [0, 0.05) is 0 Å². The van der Waals surface area contributed by atoms with Gasteiger partial charge in [-0.15, -0.1) is 0 Å². The summed E-state index contributed by atoms with van der Waals surface area (Å²) in [4.78, 5) is 35.1. The molecule has 3 atom stereocenters. The second-order valence-corrected chi connectivity index (χ2v) is 8.94. The first-order valence-electron chi connectivity index (χ1n) is 11.7. The highest BCUT2D eigenvalue weighted by Gasteiger charge is 2.60. The van der Waals surface area contributed by atoms with Crippen molar-refractivity contribution in [2.75, 3.05) is 9.96 Å². The van der Waals surface area contributed by atoms with Crippen LogP contribution in [0.25, 0.3) is 11.1 Å². The van der Waals surface area contributed by atoms with E-state index in [1.165, 1.54) is 4.90 Å². The van der Waals surface area contributed by atoms with Crippen molar-refractivity contribution >= 4 is 23.2 Å². The zero-order valence-electron chi connectivity index (χ0n) is 19.2. The average molecular weight is 461 g/mol. The lowest BCUT2D eigenvalue weighted by Crippen LogP contribution is -2.37. The lowest BCUT2D eigenvalue weighted by atomic mass is 9.88. The predicted octanol–water partition coefficient (Wildman–Crippen LogP) is 5.71. The number of aryl methyl sites for hydroxylation is 1. The number of hydrogen-bond acceptors (Lipinski definition) is 4. The van der Waals surface area contributed by atoms with Crippen LogP contribution in [0, 0.1) is 12.8 Å². The quantitative estimate of drug-likeness (QED) is 0.366. The van der Waals surface area contributed by atoms with E-state index < -0.39 is 18.1 Å². The van der Waals surface area contributed by atoms with Crippen molar-refractivity contribution in [2.45, 2.75) is 19.1 Å². The Bertz CT molecular complexity index is 1400. The maximum absolute atomic E-state index is 13.9. The monoisotopic (exact) mass is 460 g/mol. The highest BCUT2D eigenvalue weighted by molar-refractivity contribution is 6.24. The lowest BCUT2D eigenvalue weighted by Gasteiger charge is -2.29. The van der Waals surface area contributed by atoms with Crippen LogP contribution in [-0.2, 0) is 14.4 Å². The van der Waals surface area contributed by atoms with Gasteiger partial charge >= 0.3 is 0 Å². The molecule has 2 aliphatic heterocycles. The minimum atomic E-state index is -0.882. The molecule has 0 radical (unpaired) electrons. The number of hydroxylamine groups is 1. The number of fused-ring (bicyclic) bond motifs is 1. The summed E-state index contributed by atoms with van der Waals surface area (Å²) in [5, 5.41) is 1.74. The van der Waals surface area contributed by atoms with Crippen molar-refractivity contribution < 1.29 is 14.4 Å². The molecular weight excluding hydrogens is 436 g/mol. The van der Waals surface area contributed by atoms with Crippen molar-refractivity contribution in [1.29, 1.82) is 0 Å². The summed E-state index contributed by atoms with van der Waals surface area (Å²) in [6.45, 7) is 2.02. The van der Waals surface area contributed by atoms with Crippen molar-refractivity contribution in [3.63, 3.8) is 0 Å². The molecule has 0 saturated carbocycles. The van der Waals surface area contributed by atoms with E-state index in [0.717, 1.165) is 27.9 Å². The van der Waals surface area contributed by atoms with E-state index in [9.17, 15) is 9.59 Å². The topological polar surface area (TPSA) is 49.9 Å². The third-order valence-corrected chi connectivity index (χ3v) is 6.84.